The van der Waals surface area contributed by atoms with Gasteiger partial charge in [-0.25, -0.2) is 4.79 Å². The summed E-state index contributed by atoms with van der Waals surface area (Å²) in [4.78, 5) is 23.5. The van der Waals surface area contributed by atoms with Crippen LogP contribution in [0.15, 0.2) is 60.7 Å². The van der Waals surface area contributed by atoms with E-state index in [0.29, 0.717) is 28.6 Å². The highest BCUT2D eigenvalue weighted by Gasteiger charge is 2.21. The number of ether oxygens (including phenoxy) is 1. The minimum absolute atomic E-state index is 0.387. The molecule has 1 amide bonds. The van der Waals surface area contributed by atoms with Crippen molar-refractivity contribution in [2.24, 2.45) is 5.73 Å². The zero-order valence-corrected chi connectivity index (χ0v) is 17.3. The van der Waals surface area contributed by atoms with Crippen LogP contribution in [0, 0.1) is 0 Å². The Bertz CT molecular complexity index is 1280. The van der Waals surface area contributed by atoms with Gasteiger partial charge in [0.05, 0.1) is 16.4 Å². The number of aliphatic carboxylic acids is 1. The third-order valence-electron chi connectivity index (χ3n) is 5.35. The molecule has 31 heavy (non-hydrogen) atoms. The van der Waals surface area contributed by atoms with E-state index in [4.69, 9.17) is 10.5 Å². The number of hydrogen-bond acceptors (Lipinski definition) is 3. The molecule has 3 N–H and O–H groups in total. The Labute approximate surface area is 179 Å². The maximum absolute atomic E-state index is 12.3. The number of nitrogens with two attached hydrogens (primary N) is 1. The van der Waals surface area contributed by atoms with Crippen LogP contribution in [-0.2, 0) is 17.8 Å². The van der Waals surface area contributed by atoms with Crippen LogP contribution in [0.25, 0.3) is 21.8 Å². The van der Waals surface area contributed by atoms with Gasteiger partial charge in [0.25, 0.3) is 0 Å². The number of amides is 1. The van der Waals surface area contributed by atoms with Gasteiger partial charge in [-0.3, -0.25) is 4.79 Å². The van der Waals surface area contributed by atoms with E-state index < -0.39 is 18.5 Å². The van der Waals surface area contributed by atoms with E-state index in [1.165, 1.54) is 0 Å². The molecule has 1 aromatic heterocycles. The van der Waals surface area contributed by atoms with Crippen molar-refractivity contribution in [1.29, 1.82) is 0 Å². The van der Waals surface area contributed by atoms with Crippen molar-refractivity contribution in [3.63, 3.8) is 0 Å². The standard InChI is InChI=1S/C25H24N2O4/c1-2-7-17-12-20-24(21(13-17)31-15-22(28)29)23-18(25(26)30)10-6-11-19(23)27(20)14-16-8-4-3-5-9-16/h3-6,8-13H,2,7,14-15H2,1H3,(H2,26,30)(H,28,29). The Hall–Kier alpha value is -3.80. The van der Waals surface area contributed by atoms with Gasteiger partial charge in [0.1, 0.15) is 5.75 Å². The van der Waals surface area contributed by atoms with Gasteiger partial charge in [-0.05, 0) is 41.8 Å². The molecule has 0 spiro atoms. The molecule has 6 heteroatoms. The van der Waals surface area contributed by atoms with Crippen molar-refractivity contribution in [1.82, 2.24) is 4.57 Å². The molecule has 4 aromatic rings. The van der Waals surface area contributed by atoms with Gasteiger partial charge in [-0.2, -0.15) is 0 Å². The van der Waals surface area contributed by atoms with Gasteiger partial charge in [0, 0.05) is 17.5 Å². The number of aromatic nitrogens is 1. The maximum Gasteiger partial charge on any atom is 0.341 e. The molecule has 0 aliphatic carbocycles. The second-order valence-electron chi connectivity index (χ2n) is 7.56. The lowest BCUT2D eigenvalue weighted by Gasteiger charge is -2.11. The molecular weight excluding hydrogens is 392 g/mol. The highest BCUT2D eigenvalue weighted by Crippen LogP contribution is 2.39. The van der Waals surface area contributed by atoms with Crippen LogP contribution in [0.5, 0.6) is 5.75 Å². The lowest BCUT2D eigenvalue weighted by atomic mass is 10.0. The van der Waals surface area contributed by atoms with E-state index in [0.717, 1.165) is 35.0 Å². The molecule has 0 fully saturated rings. The van der Waals surface area contributed by atoms with E-state index in [1.807, 2.05) is 48.5 Å². The molecule has 0 bridgehead atoms. The van der Waals surface area contributed by atoms with Gasteiger partial charge < -0.3 is 20.1 Å². The monoisotopic (exact) mass is 416 g/mol. The Kier molecular flexibility index (Phi) is 5.62. The lowest BCUT2D eigenvalue weighted by Crippen LogP contribution is -2.12. The summed E-state index contributed by atoms with van der Waals surface area (Å²) in [5.74, 6) is -1.14. The summed E-state index contributed by atoms with van der Waals surface area (Å²) < 4.78 is 7.85. The highest BCUT2D eigenvalue weighted by atomic mass is 16.5. The largest absolute Gasteiger partial charge is 0.481 e. The van der Waals surface area contributed by atoms with Crippen LogP contribution in [0.3, 0.4) is 0 Å². The Balaban J connectivity index is 2.07. The molecule has 4 rings (SSSR count). The summed E-state index contributed by atoms with van der Waals surface area (Å²) in [5.41, 5.74) is 9.99. The Morgan fingerprint density at radius 1 is 0.968 bits per heavy atom. The van der Waals surface area contributed by atoms with Crippen molar-refractivity contribution in [3.8, 4) is 5.75 Å². The molecule has 3 aromatic carbocycles. The van der Waals surface area contributed by atoms with Crippen LogP contribution in [0.1, 0.15) is 34.8 Å². The highest BCUT2D eigenvalue weighted by molar-refractivity contribution is 6.19. The van der Waals surface area contributed by atoms with Gasteiger partial charge in [0.15, 0.2) is 6.61 Å². The number of carboxylic acid groups (broad SMARTS) is 1. The number of primary amides is 1. The first-order chi connectivity index (χ1) is 15.0. The molecule has 6 nitrogen and oxygen atoms in total. The first kappa shape index (κ1) is 20.5. The molecule has 1 heterocycles. The second kappa shape index (κ2) is 8.52. The van der Waals surface area contributed by atoms with Gasteiger partial charge in [-0.15, -0.1) is 0 Å². The molecule has 0 radical (unpaired) electrons. The van der Waals surface area contributed by atoms with Crippen molar-refractivity contribution < 1.29 is 19.4 Å². The summed E-state index contributed by atoms with van der Waals surface area (Å²) in [5, 5.41) is 10.6. The molecule has 0 unspecified atom stereocenters. The average Bonchev–Trinajstić information content (AvgIpc) is 3.06. The summed E-state index contributed by atoms with van der Waals surface area (Å²) in [6.45, 7) is 2.22. The van der Waals surface area contributed by atoms with Crippen molar-refractivity contribution in [2.75, 3.05) is 6.61 Å². The van der Waals surface area contributed by atoms with Crippen molar-refractivity contribution in [2.45, 2.75) is 26.3 Å². The van der Waals surface area contributed by atoms with Gasteiger partial charge >= 0.3 is 5.97 Å². The molecule has 0 saturated heterocycles. The maximum atomic E-state index is 12.3. The summed E-state index contributed by atoms with van der Waals surface area (Å²) >= 11 is 0. The van der Waals surface area contributed by atoms with Crippen molar-refractivity contribution in [3.05, 3.63) is 77.4 Å². The molecule has 0 saturated carbocycles. The van der Waals surface area contributed by atoms with Crippen LogP contribution in [-0.4, -0.2) is 28.2 Å². The zero-order valence-electron chi connectivity index (χ0n) is 17.3. The third-order valence-corrected chi connectivity index (χ3v) is 5.35. The first-order valence-corrected chi connectivity index (χ1v) is 10.3. The quantitative estimate of drug-likeness (QED) is 0.446. The minimum Gasteiger partial charge on any atom is -0.481 e. The van der Waals surface area contributed by atoms with E-state index in [2.05, 4.69) is 17.6 Å². The smallest absolute Gasteiger partial charge is 0.341 e. The molecule has 0 aliphatic rings. The summed E-state index contributed by atoms with van der Waals surface area (Å²) in [6.07, 6.45) is 1.77. The van der Waals surface area contributed by atoms with Crippen LogP contribution >= 0.6 is 0 Å². The normalized spacial score (nSPS) is 11.1. The number of nitrogens with zero attached hydrogens (tertiary/aromatic N) is 1. The Morgan fingerprint density at radius 2 is 1.74 bits per heavy atom. The third kappa shape index (κ3) is 3.97. The minimum atomic E-state index is -1.06. The number of fused-ring (bicyclic) bond motifs is 3. The van der Waals surface area contributed by atoms with Gasteiger partial charge in [-0.1, -0.05) is 49.7 Å². The van der Waals surface area contributed by atoms with E-state index in [1.54, 1.807) is 6.07 Å². The predicted molar refractivity (Wildman–Crippen MR) is 121 cm³/mol. The fraction of sp³-hybridized carbons (Fsp3) is 0.200. The molecule has 0 atom stereocenters. The second-order valence-corrected chi connectivity index (χ2v) is 7.56. The molecule has 0 aliphatic heterocycles. The Morgan fingerprint density at radius 3 is 2.42 bits per heavy atom. The predicted octanol–water partition coefficient (Wildman–Crippen LogP) is 4.36. The number of aryl methyl sites for hydroxylation is 1. The summed E-state index contributed by atoms with van der Waals surface area (Å²) in [7, 11) is 0. The van der Waals surface area contributed by atoms with E-state index >= 15 is 0 Å². The number of carbonyl (C=O) groups is 2. The number of hydrogen-bond donors (Lipinski definition) is 2. The fourth-order valence-electron chi connectivity index (χ4n) is 4.11. The van der Waals surface area contributed by atoms with Crippen LogP contribution in [0.2, 0.25) is 0 Å². The van der Waals surface area contributed by atoms with Gasteiger partial charge in [0.2, 0.25) is 5.91 Å². The first-order valence-electron chi connectivity index (χ1n) is 10.3. The van der Waals surface area contributed by atoms with E-state index in [-0.39, 0.29) is 0 Å². The SMILES string of the molecule is CCCc1cc(OCC(=O)O)c2c3c(C(N)=O)cccc3n(Cc3ccccc3)c2c1. The number of benzene rings is 3. The number of rotatable bonds is 8. The lowest BCUT2D eigenvalue weighted by molar-refractivity contribution is -0.139. The fourth-order valence-corrected chi connectivity index (χ4v) is 4.11. The number of carbonyl (C=O) groups excluding carboxylic acids is 1. The molecule has 158 valence electrons. The van der Waals surface area contributed by atoms with Crippen molar-refractivity contribution >= 4 is 33.7 Å². The van der Waals surface area contributed by atoms with Crippen LogP contribution in [0.4, 0.5) is 0 Å². The number of carboxylic acids is 1. The zero-order chi connectivity index (χ0) is 22.0. The molecular formula is C25H24N2O4. The summed E-state index contributed by atoms with van der Waals surface area (Å²) in [6, 6.07) is 19.5. The van der Waals surface area contributed by atoms with Crippen LogP contribution < -0.4 is 10.5 Å². The van der Waals surface area contributed by atoms with E-state index in [9.17, 15) is 14.7 Å². The topological polar surface area (TPSA) is 94.6 Å². The average molecular weight is 416 g/mol.